The minimum Gasteiger partial charge on any atom is -0.408 e. The third kappa shape index (κ3) is 2.74. The number of aliphatic hydroxyl groups is 1. The molecule has 6 heteroatoms. The molecule has 1 N–H and O–H groups in total. The number of hydrogen-bond acceptors (Lipinski definition) is 4. The van der Waals surface area contributed by atoms with E-state index >= 15 is 0 Å². The first-order valence-corrected chi connectivity index (χ1v) is 9.77. The van der Waals surface area contributed by atoms with Crippen LogP contribution in [0.3, 0.4) is 0 Å². The molecule has 1 saturated heterocycles. The summed E-state index contributed by atoms with van der Waals surface area (Å²) < 4.78 is 6.74. The number of benzene rings is 1. The fraction of sp³-hybridized carbons (Fsp3) is 0.524. The fourth-order valence-electron chi connectivity index (χ4n) is 4.53. The average Bonchev–Trinajstić information content (AvgIpc) is 3.09. The predicted molar refractivity (Wildman–Crippen MR) is 103 cm³/mol. The van der Waals surface area contributed by atoms with Crippen molar-refractivity contribution in [2.45, 2.75) is 58.1 Å². The van der Waals surface area contributed by atoms with Gasteiger partial charge in [0.15, 0.2) is 5.58 Å². The van der Waals surface area contributed by atoms with Gasteiger partial charge in [-0.15, -0.1) is 0 Å². The number of aryl methyl sites for hydroxylation is 1. The summed E-state index contributed by atoms with van der Waals surface area (Å²) in [6.07, 6.45) is 4.27. The molecule has 27 heavy (non-hydrogen) atoms. The Hall–Kier alpha value is -2.34. The lowest BCUT2D eigenvalue weighted by atomic mass is 9.82. The van der Waals surface area contributed by atoms with E-state index < -0.39 is 6.10 Å². The van der Waals surface area contributed by atoms with Crippen molar-refractivity contribution in [3.8, 4) is 0 Å². The van der Waals surface area contributed by atoms with Crippen LogP contribution in [0.1, 0.15) is 51.5 Å². The minimum atomic E-state index is -0.632. The second-order valence-electron chi connectivity index (χ2n) is 7.74. The maximum atomic E-state index is 12.6. The minimum absolute atomic E-state index is 0.0355. The Bertz CT molecular complexity index is 982. The zero-order valence-electron chi connectivity index (χ0n) is 16.1. The molecular weight excluding hydrogens is 344 g/mol. The molecule has 1 fully saturated rings. The molecule has 0 saturated carbocycles. The smallest absolute Gasteiger partial charge is 0.408 e. The van der Waals surface area contributed by atoms with Gasteiger partial charge in [0.1, 0.15) is 0 Å². The molecule has 3 atom stereocenters. The van der Waals surface area contributed by atoms with Gasteiger partial charge in [-0.05, 0) is 49.5 Å². The van der Waals surface area contributed by atoms with E-state index in [0.29, 0.717) is 5.58 Å². The molecule has 2 aromatic rings. The number of rotatable bonds is 6. The predicted octanol–water partition coefficient (Wildman–Crippen LogP) is 3.03. The summed E-state index contributed by atoms with van der Waals surface area (Å²) in [5, 5.41) is 10.0. The maximum Gasteiger partial charge on any atom is 0.419 e. The van der Waals surface area contributed by atoms with Crippen molar-refractivity contribution in [3.63, 3.8) is 0 Å². The van der Waals surface area contributed by atoms with E-state index in [2.05, 4.69) is 6.92 Å². The van der Waals surface area contributed by atoms with Crippen LogP contribution < -0.4 is 5.76 Å². The Morgan fingerprint density at radius 3 is 2.78 bits per heavy atom. The molecule has 0 radical (unpaired) electrons. The Balaban J connectivity index is 1.75. The molecular formula is C21H26N2O4. The highest BCUT2D eigenvalue weighted by atomic mass is 16.4. The van der Waals surface area contributed by atoms with Crippen LogP contribution in [0.25, 0.3) is 16.7 Å². The van der Waals surface area contributed by atoms with Crippen LogP contribution in [-0.2, 0) is 11.8 Å². The van der Waals surface area contributed by atoms with E-state index in [1.165, 1.54) is 4.57 Å². The lowest BCUT2D eigenvalue weighted by Gasteiger charge is -2.45. The molecule has 1 aromatic heterocycles. The second-order valence-corrected chi connectivity index (χ2v) is 7.74. The highest BCUT2D eigenvalue weighted by Gasteiger charge is 2.54. The number of amides is 1. The zero-order valence-corrected chi connectivity index (χ0v) is 16.1. The number of fused-ring (bicyclic) bond motifs is 2. The first kappa shape index (κ1) is 18.0. The fourth-order valence-corrected chi connectivity index (χ4v) is 4.53. The summed E-state index contributed by atoms with van der Waals surface area (Å²) in [6.45, 7) is 3.86. The van der Waals surface area contributed by atoms with Gasteiger partial charge in [0.2, 0.25) is 5.91 Å². The van der Waals surface area contributed by atoms with Gasteiger partial charge in [-0.25, -0.2) is 4.79 Å². The van der Waals surface area contributed by atoms with Crippen LogP contribution in [0.2, 0.25) is 0 Å². The van der Waals surface area contributed by atoms with E-state index in [-0.39, 0.29) is 23.6 Å². The third-order valence-corrected chi connectivity index (χ3v) is 6.00. The van der Waals surface area contributed by atoms with Gasteiger partial charge in [0, 0.05) is 12.7 Å². The molecule has 2 aliphatic heterocycles. The highest BCUT2D eigenvalue weighted by molar-refractivity contribution is 5.94. The van der Waals surface area contributed by atoms with Crippen molar-refractivity contribution in [1.29, 1.82) is 0 Å². The van der Waals surface area contributed by atoms with Crippen molar-refractivity contribution >= 4 is 22.6 Å². The van der Waals surface area contributed by atoms with Crippen LogP contribution in [0, 0.1) is 5.92 Å². The molecule has 6 nitrogen and oxygen atoms in total. The van der Waals surface area contributed by atoms with E-state index in [9.17, 15) is 14.7 Å². The number of unbranched alkanes of at least 4 members (excludes halogenated alkanes) is 2. The summed E-state index contributed by atoms with van der Waals surface area (Å²) in [6, 6.07) is 5.82. The van der Waals surface area contributed by atoms with Gasteiger partial charge in [0.05, 0.1) is 23.6 Å². The van der Waals surface area contributed by atoms with Crippen molar-refractivity contribution < 1.29 is 14.3 Å². The van der Waals surface area contributed by atoms with Gasteiger partial charge in [0.25, 0.3) is 0 Å². The van der Waals surface area contributed by atoms with Crippen molar-refractivity contribution in [2.24, 2.45) is 13.0 Å². The standard InChI is InChI=1S/C21H26N2O4/c1-4-5-6-7-15-14(11-17-19(12(2)24)20(25)23(15)17)13-8-9-18-16(10-13)22(3)21(26)27-18/h8-10,12,17,19,24H,4-7,11H2,1-3H3/t12-,17-,19-/m1/s1. The SMILES string of the molecule is CCCCCC1=C(c2ccc3oc(=O)n(C)c3c2)C[C@@H]2[C@@H]([C@@H](C)O)C(=O)N12. The number of β-lactam (4-membered cyclic amide) rings is 1. The van der Waals surface area contributed by atoms with Crippen LogP contribution in [-0.4, -0.2) is 32.6 Å². The summed E-state index contributed by atoms with van der Waals surface area (Å²) in [5.41, 5.74) is 4.59. The molecule has 144 valence electrons. The molecule has 1 aromatic carbocycles. The van der Waals surface area contributed by atoms with E-state index in [1.54, 1.807) is 14.0 Å². The topological polar surface area (TPSA) is 75.7 Å². The summed E-state index contributed by atoms with van der Waals surface area (Å²) in [4.78, 5) is 26.3. The number of hydrogen-bond donors (Lipinski definition) is 1. The normalized spacial score (nSPS) is 23.1. The van der Waals surface area contributed by atoms with E-state index in [1.807, 2.05) is 23.1 Å². The number of oxazole rings is 1. The van der Waals surface area contributed by atoms with E-state index in [4.69, 9.17) is 4.42 Å². The number of aromatic nitrogens is 1. The molecule has 1 amide bonds. The van der Waals surface area contributed by atoms with Crippen molar-refractivity contribution in [2.75, 3.05) is 0 Å². The van der Waals surface area contributed by atoms with Gasteiger partial charge in [-0.1, -0.05) is 25.8 Å². The molecule has 0 spiro atoms. The first-order valence-electron chi connectivity index (χ1n) is 9.77. The molecule has 2 aliphatic rings. The Morgan fingerprint density at radius 2 is 2.07 bits per heavy atom. The van der Waals surface area contributed by atoms with Crippen LogP contribution in [0.5, 0.6) is 0 Å². The molecule has 4 rings (SSSR count). The molecule has 3 heterocycles. The third-order valence-electron chi connectivity index (χ3n) is 6.00. The van der Waals surface area contributed by atoms with Gasteiger partial charge in [-0.3, -0.25) is 9.36 Å². The summed E-state index contributed by atoms with van der Waals surface area (Å²) in [7, 11) is 1.70. The van der Waals surface area contributed by atoms with Gasteiger partial charge >= 0.3 is 5.76 Å². The molecule has 0 unspecified atom stereocenters. The number of carbonyl (C=O) groups excluding carboxylic acids is 1. The quantitative estimate of drug-likeness (QED) is 0.626. The number of aliphatic hydroxyl groups excluding tert-OH is 1. The Morgan fingerprint density at radius 1 is 1.30 bits per heavy atom. The Kier molecular flexibility index (Phi) is 4.46. The van der Waals surface area contributed by atoms with Crippen LogP contribution in [0.15, 0.2) is 33.1 Å². The second kappa shape index (κ2) is 6.68. The Labute approximate surface area is 158 Å². The van der Waals surface area contributed by atoms with Crippen molar-refractivity contribution in [3.05, 3.63) is 40.0 Å². The highest BCUT2D eigenvalue weighted by Crippen LogP contribution is 2.48. The van der Waals surface area contributed by atoms with Gasteiger partial charge in [-0.2, -0.15) is 0 Å². The monoisotopic (exact) mass is 370 g/mol. The summed E-state index contributed by atoms with van der Waals surface area (Å²) >= 11 is 0. The maximum absolute atomic E-state index is 12.6. The summed E-state index contributed by atoms with van der Waals surface area (Å²) in [5.74, 6) is -0.655. The van der Waals surface area contributed by atoms with Crippen LogP contribution >= 0.6 is 0 Å². The average molecular weight is 370 g/mol. The zero-order chi connectivity index (χ0) is 19.3. The lowest BCUT2D eigenvalue weighted by Crippen LogP contribution is -2.61. The molecule has 0 aliphatic carbocycles. The number of carbonyl (C=O) groups is 1. The van der Waals surface area contributed by atoms with Crippen LogP contribution in [0.4, 0.5) is 0 Å². The largest absolute Gasteiger partial charge is 0.419 e. The van der Waals surface area contributed by atoms with E-state index in [0.717, 1.165) is 54.5 Å². The van der Waals surface area contributed by atoms with Crippen molar-refractivity contribution in [1.82, 2.24) is 9.47 Å². The van der Waals surface area contributed by atoms with Gasteiger partial charge < -0.3 is 14.4 Å². The number of allylic oxidation sites excluding steroid dienone is 1. The molecule has 0 bridgehead atoms. The number of nitrogens with zero attached hydrogens (tertiary/aromatic N) is 2. The lowest BCUT2D eigenvalue weighted by molar-refractivity contribution is -0.157. The first-order chi connectivity index (χ1) is 12.9.